The maximum absolute atomic E-state index is 5.70. The fourth-order valence-electron chi connectivity index (χ4n) is 1.38. The van der Waals surface area contributed by atoms with Crippen LogP contribution in [0, 0.1) is 0 Å². The molecule has 0 N–H and O–H groups in total. The van der Waals surface area contributed by atoms with E-state index in [2.05, 4.69) is 16.9 Å². The molecular formula is C11H19ClN2OS. The summed E-state index contributed by atoms with van der Waals surface area (Å²) in [5.74, 6) is 0.518. The SMILES string of the molecule is COCCN(C)CCCc1nc(CCl)cs1. The number of hydrogen-bond acceptors (Lipinski definition) is 4. The van der Waals surface area contributed by atoms with Crippen molar-refractivity contribution in [2.24, 2.45) is 0 Å². The van der Waals surface area contributed by atoms with Gasteiger partial charge in [0, 0.05) is 25.5 Å². The van der Waals surface area contributed by atoms with Crippen LogP contribution in [-0.2, 0) is 17.0 Å². The summed E-state index contributed by atoms with van der Waals surface area (Å²) >= 11 is 7.41. The van der Waals surface area contributed by atoms with Crippen LogP contribution in [-0.4, -0.2) is 43.7 Å². The standard InChI is InChI=1S/C11H19ClN2OS/c1-14(6-7-15-2)5-3-4-11-13-10(8-12)9-16-11/h9H,3-8H2,1-2H3. The van der Waals surface area contributed by atoms with Crippen molar-refractivity contribution in [2.45, 2.75) is 18.7 Å². The third-order valence-electron chi connectivity index (χ3n) is 2.34. The number of aromatic nitrogens is 1. The maximum atomic E-state index is 5.70. The Balaban J connectivity index is 2.14. The third-order valence-corrected chi connectivity index (χ3v) is 3.58. The van der Waals surface area contributed by atoms with Gasteiger partial charge in [-0.1, -0.05) is 0 Å². The summed E-state index contributed by atoms with van der Waals surface area (Å²) in [5.41, 5.74) is 0.995. The van der Waals surface area contributed by atoms with Crippen LogP contribution in [0.4, 0.5) is 0 Å². The summed E-state index contributed by atoms with van der Waals surface area (Å²) in [7, 11) is 3.85. The Labute approximate surface area is 106 Å². The van der Waals surface area contributed by atoms with E-state index in [1.165, 1.54) is 5.01 Å². The second-order valence-electron chi connectivity index (χ2n) is 3.77. The van der Waals surface area contributed by atoms with Crippen LogP contribution in [0.1, 0.15) is 17.1 Å². The molecule has 0 amide bonds. The number of ether oxygens (including phenoxy) is 1. The minimum absolute atomic E-state index is 0.518. The zero-order chi connectivity index (χ0) is 11.8. The zero-order valence-electron chi connectivity index (χ0n) is 9.91. The Kier molecular flexibility index (Phi) is 6.96. The van der Waals surface area contributed by atoms with Crippen molar-refractivity contribution in [3.63, 3.8) is 0 Å². The van der Waals surface area contributed by atoms with Crippen LogP contribution in [0.15, 0.2) is 5.38 Å². The van der Waals surface area contributed by atoms with E-state index in [1.54, 1.807) is 18.4 Å². The summed E-state index contributed by atoms with van der Waals surface area (Å²) in [4.78, 5) is 6.71. The summed E-state index contributed by atoms with van der Waals surface area (Å²) in [6.45, 7) is 2.87. The molecule has 1 rings (SSSR count). The number of rotatable bonds is 8. The van der Waals surface area contributed by atoms with Gasteiger partial charge in [0.2, 0.25) is 0 Å². The molecule has 1 aromatic rings. The maximum Gasteiger partial charge on any atom is 0.0929 e. The van der Waals surface area contributed by atoms with Crippen molar-refractivity contribution in [1.82, 2.24) is 9.88 Å². The lowest BCUT2D eigenvalue weighted by atomic mass is 10.3. The largest absolute Gasteiger partial charge is 0.383 e. The minimum Gasteiger partial charge on any atom is -0.383 e. The van der Waals surface area contributed by atoms with Gasteiger partial charge in [0.15, 0.2) is 0 Å². The first-order chi connectivity index (χ1) is 7.76. The highest BCUT2D eigenvalue weighted by Gasteiger charge is 2.02. The lowest BCUT2D eigenvalue weighted by Crippen LogP contribution is -2.24. The number of nitrogens with zero attached hydrogens (tertiary/aromatic N) is 2. The van der Waals surface area contributed by atoms with Crippen LogP contribution in [0.3, 0.4) is 0 Å². The molecule has 1 aromatic heterocycles. The molecule has 0 saturated heterocycles. The highest BCUT2D eigenvalue weighted by molar-refractivity contribution is 7.09. The van der Waals surface area contributed by atoms with Crippen molar-refractivity contribution in [2.75, 3.05) is 33.9 Å². The molecule has 0 atom stereocenters. The van der Waals surface area contributed by atoms with Crippen LogP contribution in [0.2, 0.25) is 0 Å². The van der Waals surface area contributed by atoms with Gasteiger partial charge < -0.3 is 9.64 Å². The normalized spacial score (nSPS) is 11.2. The first-order valence-corrected chi connectivity index (χ1v) is 6.84. The number of alkyl halides is 1. The van der Waals surface area contributed by atoms with E-state index in [-0.39, 0.29) is 0 Å². The van der Waals surface area contributed by atoms with Crippen LogP contribution in [0.5, 0.6) is 0 Å². The Bertz CT molecular complexity index is 293. The van der Waals surface area contributed by atoms with Gasteiger partial charge >= 0.3 is 0 Å². The number of methoxy groups -OCH3 is 1. The molecule has 0 saturated carbocycles. The van der Waals surface area contributed by atoms with Crippen LogP contribution >= 0.6 is 22.9 Å². The van der Waals surface area contributed by atoms with Crippen LogP contribution < -0.4 is 0 Å². The van der Waals surface area contributed by atoms with Gasteiger partial charge in [-0.25, -0.2) is 4.98 Å². The minimum atomic E-state index is 0.518. The van der Waals surface area contributed by atoms with Gasteiger partial charge in [0.05, 0.1) is 23.2 Å². The predicted octanol–water partition coefficient (Wildman–Crippen LogP) is 2.39. The van der Waals surface area contributed by atoms with E-state index in [0.717, 1.165) is 38.2 Å². The molecule has 0 aromatic carbocycles. The van der Waals surface area contributed by atoms with E-state index in [0.29, 0.717) is 5.88 Å². The second-order valence-corrected chi connectivity index (χ2v) is 4.98. The molecule has 92 valence electrons. The Morgan fingerprint density at radius 2 is 2.31 bits per heavy atom. The van der Waals surface area contributed by atoms with E-state index in [1.807, 2.05) is 5.38 Å². The molecule has 5 heteroatoms. The van der Waals surface area contributed by atoms with Crippen molar-refractivity contribution >= 4 is 22.9 Å². The third kappa shape index (κ3) is 5.25. The van der Waals surface area contributed by atoms with E-state index < -0.39 is 0 Å². The van der Waals surface area contributed by atoms with Crippen molar-refractivity contribution in [3.05, 3.63) is 16.1 Å². The van der Waals surface area contributed by atoms with Gasteiger partial charge in [0.25, 0.3) is 0 Å². The summed E-state index contributed by atoms with van der Waals surface area (Å²) in [5, 5.41) is 3.23. The predicted molar refractivity (Wildman–Crippen MR) is 69.4 cm³/mol. The number of thiazole rings is 1. The highest BCUT2D eigenvalue weighted by Crippen LogP contribution is 2.13. The van der Waals surface area contributed by atoms with E-state index in [4.69, 9.17) is 16.3 Å². The fourth-order valence-corrected chi connectivity index (χ4v) is 2.45. The molecule has 0 aliphatic rings. The fraction of sp³-hybridized carbons (Fsp3) is 0.727. The molecule has 0 bridgehead atoms. The number of likely N-dealkylation sites (N-methyl/N-ethyl adjacent to an activating group) is 1. The smallest absolute Gasteiger partial charge is 0.0929 e. The molecule has 3 nitrogen and oxygen atoms in total. The van der Waals surface area contributed by atoms with Gasteiger partial charge in [-0.15, -0.1) is 22.9 Å². The molecule has 1 heterocycles. The Hall–Kier alpha value is -0.160. The molecule has 0 spiro atoms. The van der Waals surface area contributed by atoms with Gasteiger partial charge in [-0.05, 0) is 20.0 Å². The van der Waals surface area contributed by atoms with Gasteiger partial charge in [0.1, 0.15) is 0 Å². The number of aryl methyl sites for hydroxylation is 1. The van der Waals surface area contributed by atoms with Crippen molar-refractivity contribution < 1.29 is 4.74 Å². The van der Waals surface area contributed by atoms with Gasteiger partial charge in [-0.3, -0.25) is 0 Å². The first-order valence-electron chi connectivity index (χ1n) is 5.43. The average Bonchev–Trinajstić information content (AvgIpc) is 2.74. The highest BCUT2D eigenvalue weighted by atomic mass is 35.5. The van der Waals surface area contributed by atoms with Crippen LogP contribution in [0.25, 0.3) is 0 Å². The molecular weight excluding hydrogens is 244 g/mol. The molecule has 0 unspecified atom stereocenters. The van der Waals surface area contributed by atoms with E-state index in [9.17, 15) is 0 Å². The summed E-state index contributed by atoms with van der Waals surface area (Å²) in [6, 6.07) is 0. The van der Waals surface area contributed by atoms with Crippen molar-refractivity contribution in [1.29, 1.82) is 0 Å². The second kappa shape index (κ2) is 8.01. The molecule has 0 aliphatic carbocycles. The first kappa shape index (κ1) is 13.9. The molecule has 0 aliphatic heterocycles. The zero-order valence-corrected chi connectivity index (χ0v) is 11.5. The molecule has 0 fully saturated rings. The quantitative estimate of drug-likeness (QED) is 0.673. The lowest BCUT2D eigenvalue weighted by Gasteiger charge is -2.14. The topological polar surface area (TPSA) is 25.4 Å². The average molecular weight is 263 g/mol. The Morgan fingerprint density at radius 1 is 1.50 bits per heavy atom. The Morgan fingerprint density at radius 3 is 2.94 bits per heavy atom. The molecule has 0 radical (unpaired) electrons. The number of halogens is 1. The number of hydrogen-bond donors (Lipinski definition) is 0. The van der Waals surface area contributed by atoms with Crippen molar-refractivity contribution in [3.8, 4) is 0 Å². The lowest BCUT2D eigenvalue weighted by molar-refractivity contribution is 0.161. The van der Waals surface area contributed by atoms with Gasteiger partial charge in [-0.2, -0.15) is 0 Å². The summed E-state index contributed by atoms with van der Waals surface area (Å²) in [6.07, 6.45) is 2.17. The van der Waals surface area contributed by atoms with E-state index >= 15 is 0 Å². The molecule has 16 heavy (non-hydrogen) atoms. The monoisotopic (exact) mass is 262 g/mol. The summed E-state index contributed by atoms with van der Waals surface area (Å²) < 4.78 is 5.03.